The minimum atomic E-state index is 0. The molecule has 0 radical (unpaired) electrons. The molecule has 0 amide bonds. The first-order valence-corrected chi connectivity index (χ1v) is 3.14. The summed E-state index contributed by atoms with van der Waals surface area (Å²) >= 11 is 0. The van der Waals surface area contributed by atoms with E-state index in [1.807, 2.05) is 0 Å². The quantitative estimate of drug-likeness (QED) is 0.280. The largest absolute Gasteiger partial charge is 1.00 e. The second-order valence-corrected chi connectivity index (χ2v) is 2.67. The summed E-state index contributed by atoms with van der Waals surface area (Å²) in [5.74, 6) is 1.67. The van der Waals surface area contributed by atoms with Gasteiger partial charge in [-0.25, -0.2) is 0 Å². The van der Waals surface area contributed by atoms with Crippen molar-refractivity contribution in [3.8, 4) is 0 Å². The molecular weight excluding hydrogens is 91.0 g/mol. The molecule has 0 nitrogen and oxygen atoms in total. The SMILES string of the molecule is [CH2-]C1CCCC1C.[Li+]. The van der Waals surface area contributed by atoms with Crippen LogP contribution in [-0.4, -0.2) is 0 Å². The van der Waals surface area contributed by atoms with Crippen molar-refractivity contribution in [1.29, 1.82) is 0 Å². The van der Waals surface area contributed by atoms with Crippen LogP contribution < -0.4 is 18.9 Å². The van der Waals surface area contributed by atoms with Gasteiger partial charge in [-0.1, -0.05) is 32.1 Å². The molecule has 0 spiro atoms. The Morgan fingerprint density at radius 1 is 1.38 bits per heavy atom. The van der Waals surface area contributed by atoms with Gasteiger partial charge in [-0.05, 0) is 0 Å². The first-order valence-electron chi connectivity index (χ1n) is 3.14. The van der Waals surface area contributed by atoms with E-state index >= 15 is 0 Å². The van der Waals surface area contributed by atoms with Gasteiger partial charge in [-0.3, -0.25) is 0 Å². The average Bonchev–Trinajstić information content (AvgIpc) is 1.91. The molecule has 0 heterocycles. The summed E-state index contributed by atoms with van der Waals surface area (Å²) < 4.78 is 0. The summed E-state index contributed by atoms with van der Waals surface area (Å²) in [5, 5.41) is 0. The van der Waals surface area contributed by atoms with Gasteiger partial charge in [0.1, 0.15) is 0 Å². The molecule has 0 N–H and O–H groups in total. The Morgan fingerprint density at radius 3 is 2.12 bits per heavy atom. The van der Waals surface area contributed by atoms with Crippen LogP contribution in [0.5, 0.6) is 0 Å². The number of hydrogen-bond acceptors (Lipinski definition) is 0. The fraction of sp³-hybridized carbons (Fsp3) is 0.857. The molecule has 1 aliphatic rings. The van der Waals surface area contributed by atoms with Crippen molar-refractivity contribution in [3.63, 3.8) is 0 Å². The Labute approximate surface area is 64.2 Å². The third-order valence-corrected chi connectivity index (χ3v) is 2.04. The van der Waals surface area contributed by atoms with Crippen molar-refractivity contribution in [1.82, 2.24) is 0 Å². The van der Waals surface area contributed by atoms with Crippen LogP contribution >= 0.6 is 0 Å². The molecule has 2 atom stereocenters. The van der Waals surface area contributed by atoms with E-state index in [-0.39, 0.29) is 18.9 Å². The zero-order chi connectivity index (χ0) is 5.28. The number of rotatable bonds is 0. The van der Waals surface area contributed by atoms with E-state index < -0.39 is 0 Å². The van der Waals surface area contributed by atoms with Crippen LogP contribution in [0, 0.1) is 18.8 Å². The van der Waals surface area contributed by atoms with Crippen LogP contribution in [0.2, 0.25) is 0 Å². The van der Waals surface area contributed by atoms with Crippen molar-refractivity contribution in [2.75, 3.05) is 0 Å². The van der Waals surface area contributed by atoms with Gasteiger partial charge in [0.2, 0.25) is 0 Å². The predicted molar refractivity (Wildman–Crippen MR) is 31.9 cm³/mol. The molecular formula is C7H13Li. The van der Waals surface area contributed by atoms with Crippen LogP contribution in [0.1, 0.15) is 26.2 Å². The van der Waals surface area contributed by atoms with Crippen LogP contribution in [-0.2, 0) is 0 Å². The van der Waals surface area contributed by atoms with Gasteiger partial charge in [-0.15, -0.1) is 0 Å². The van der Waals surface area contributed by atoms with Crippen LogP contribution in [0.4, 0.5) is 0 Å². The van der Waals surface area contributed by atoms with E-state index in [9.17, 15) is 0 Å². The summed E-state index contributed by atoms with van der Waals surface area (Å²) in [6.07, 6.45) is 4.19. The maximum atomic E-state index is 4.02. The van der Waals surface area contributed by atoms with Gasteiger partial charge >= 0.3 is 18.9 Å². The molecule has 0 aliphatic heterocycles. The van der Waals surface area contributed by atoms with E-state index in [1.54, 1.807) is 0 Å². The molecule has 0 bridgehead atoms. The Hall–Kier alpha value is 0.597. The monoisotopic (exact) mass is 104 g/mol. The van der Waals surface area contributed by atoms with Crippen LogP contribution in [0.3, 0.4) is 0 Å². The Bertz CT molecular complexity index is 53.4. The summed E-state index contributed by atoms with van der Waals surface area (Å²) in [4.78, 5) is 0. The van der Waals surface area contributed by atoms with Gasteiger partial charge in [-0.2, -0.15) is 5.92 Å². The molecule has 42 valence electrons. The summed E-state index contributed by atoms with van der Waals surface area (Å²) in [5.41, 5.74) is 0. The smallest absolute Gasteiger partial charge is 0.340 e. The molecule has 0 aromatic heterocycles. The first kappa shape index (κ1) is 8.60. The van der Waals surface area contributed by atoms with E-state index in [4.69, 9.17) is 0 Å². The molecule has 0 aromatic rings. The van der Waals surface area contributed by atoms with Gasteiger partial charge in [0, 0.05) is 0 Å². The molecule has 1 fully saturated rings. The summed E-state index contributed by atoms with van der Waals surface area (Å²) in [6.45, 7) is 6.31. The standard InChI is InChI=1S/C7H13.Li/c1-6-4-3-5-7(6)2;/h6-7H,1,3-5H2,2H3;/q-1;+1. The maximum Gasteiger partial charge on any atom is 1.00 e. The molecule has 1 heteroatoms. The molecule has 2 unspecified atom stereocenters. The van der Waals surface area contributed by atoms with E-state index in [1.165, 1.54) is 19.3 Å². The van der Waals surface area contributed by atoms with Gasteiger partial charge < -0.3 is 6.92 Å². The number of hydrogen-bond donors (Lipinski definition) is 0. The van der Waals surface area contributed by atoms with Crippen molar-refractivity contribution in [2.45, 2.75) is 26.2 Å². The van der Waals surface area contributed by atoms with Crippen LogP contribution in [0.25, 0.3) is 0 Å². The second-order valence-electron chi connectivity index (χ2n) is 2.67. The fourth-order valence-corrected chi connectivity index (χ4v) is 1.22. The second kappa shape index (κ2) is 3.59. The van der Waals surface area contributed by atoms with Crippen molar-refractivity contribution in [2.24, 2.45) is 11.8 Å². The zero-order valence-corrected chi connectivity index (χ0v) is 5.98. The zero-order valence-electron chi connectivity index (χ0n) is 5.98. The molecule has 1 saturated carbocycles. The van der Waals surface area contributed by atoms with Crippen molar-refractivity contribution in [3.05, 3.63) is 6.92 Å². The Balaban J connectivity index is 0.000000490. The first-order chi connectivity index (χ1) is 3.30. The molecule has 1 rings (SSSR count). The molecule has 0 aromatic carbocycles. The average molecular weight is 104 g/mol. The van der Waals surface area contributed by atoms with Gasteiger partial charge in [0.15, 0.2) is 0 Å². The van der Waals surface area contributed by atoms with Gasteiger partial charge in [0.25, 0.3) is 0 Å². The van der Waals surface area contributed by atoms with E-state index in [2.05, 4.69) is 13.8 Å². The minimum Gasteiger partial charge on any atom is -0.340 e. The molecule has 8 heavy (non-hydrogen) atoms. The predicted octanol–water partition coefficient (Wildman–Crippen LogP) is -0.739. The summed E-state index contributed by atoms with van der Waals surface area (Å²) in [6, 6.07) is 0. The maximum absolute atomic E-state index is 4.02. The van der Waals surface area contributed by atoms with Crippen LogP contribution in [0.15, 0.2) is 0 Å². The molecule has 1 aliphatic carbocycles. The topological polar surface area (TPSA) is 0 Å². The Morgan fingerprint density at radius 2 is 2.00 bits per heavy atom. The van der Waals surface area contributed by atoms with E-state index in [0.717, 1.165) is 11.8 Å². The third-order valence-electron chi connectivity index (χ3n) is 2.04. The van der Waals surface area contributed by atoms with Crippen molar-refractivity contribution >= 4 is 0 Å². The summed E-state index contributed by atoms with van der Waals surface area (Å²) in [7, 11) is 0. The fourth-order valence-electron chi connectivity index (χ4n) is 1.22. The normalized spacial score (nSPS) is 36.8. The molecule has 0 saturated heterocycles. The Kier molecular flexibility index (Phi) is 3.86. The van der Waals surface area contributed by atoms with E-state index in [0.29, 0.717) is 0 Å². The third kappa shape index (κ3) is 1.84. The van der Waals surface area contributed by atoms with Crippen molar-refractivity contribution < 1.29 is 18.9 Å². The van der Waals surface area contributed by atoms with Gasteiger partial charge in [0.05, 0.1) is 0 Å². The minimum absolute atomic E-state index is 0.